The zero-order valence-corrected chi connectivity index (χ0v) is 24.2. The first-order valence-corrected chi connectivity index (χ1v) is 14.9. The number of nitrogens with one attached hydrogen (secondary N) is 2. The van der Waals surface area contributed by atoms with Crippen molar-refractivity contribution in [3.8, 4) is 11.6 Å². The third-order valence-corrected chi connectivity index (χ3v) is 9.53. The Balaban J connectivity index is 1.37. The normalized spacial score (nSPS) is 23.0. The number of ether oxygens (including phenoxy) is 1. The Bertz CT molecular complexity index is 1740. The van der Waals surface area contributed by atoms with Crippen LogP contribution in [0.15, 0.2) is 73.4 Å². The van der Waals surface area contributed by atoms with Crippen LogP contribution in [-0.4, -0.2) is 34.7 Å². The monoisotopic (exact) mass is 596 g/mol. The summed E-state index contributed by atoms with van der Waals surface area (Å²) in [4.78, 5) is 44.6. The smallest absolute Gasteiger partial charge is 0.262 e. The van der Waals surface area contributed by atoms with E-state index in [-0.39, 0.29) is 23.9 Å². The molecule has 2 aliphatic carbocycles. The number of carbonyl (C=O) groups is 3. The van der Waals surface area contributed by atoms with E-state index < -0.39 is 17.4 Å². The van der Waals surface area contributed by atoms with Gasteiger partial charge in [0.2, 0.25) is 11.8 Å². The van der Waals surface area contributed by atoms with Crippen molar-refractivity contribution in [1.82, 2.24) is 15.6 Å². The highest BCUT2D eigenvalue weighted by atomic mass is 32.1. The van der Waals surface area contributed by atoms with Crippen LogP contribution in [0.3, 0.4) is 0 Å². The standard InChI is InChI=1S/C32H32N6O4S/c1-2-23(39)37-21-10-6-7-11-22(21)38-31(41)29-26-25-19(13-14-20(33)28(25)43-29)32(35,30(40)27(26)34)17-12-15-24(36-16-17)42-18-8-4-3-5-9-18/h2-5,8-9,12-16,21-22,27H,1,6-7,10-11,33-35H2,(H,37,39)(H,38,41)/t21-,22+,27?,32?/m0/s1. The van der Waals surface area contributed by atoms with Crippen LogP contribution in [0.2, 0.25) is 0 Å². The molecule has 43 heavy (non-hydrogen) atoms. The number of nitrogen functional groups attached to an aromatic ring is 1. The van der Waals surface area contributed by atoms with Crippen LogP contribution in [0.5, 0.6) is 11.6 Å². The van der Waals surface area contributed by atoms with E-state index >= 15 is 0 Å². The van der Waals surface area contributed by atoms with E-state index in [2.05, 4.69) is 22.2 Å². The van der Waals surface area contributed by atoms with Gasteiger partial charge in [-0.3, -0.25) is 14.4 Å². The molecule has 1 saturated carbocycles. The van der Waals surface area contributed by atoms with Gasteiger partial charge in [0.1, 0.15) is 11.3 Å². The number of pyridine rings is 1. The summed E-state index contributed by atoms with van der Waals surface area (Å²) in [5, 5.41) is 6.62. The maximum Gasteiger partial charge on any atom is 0.262 e. The fourth-order valence-electron chi connectivity index (χ4n) is 6.08. The van der Waals surface area contributed by atoms with Crippen molar-refractivity contribution in [3.05, 3.63) is 95.0 Å². The van der Waals surface area contributed by atoms with Gasteiger partial charge in [0, 0.05) is 46.5 Å². The number of hydrogen-bond donors (Lipinski definition) is 5. The number of hydrogen-bond acceptors (Lipinski definition) is 9. The van der Waals surface area contributed by atoms with E-state index in [0.29, 0.717) is 55.4 Å². The SMILES string of the molecule is C=CC(=O)N[C@H]1CCCC[C@H]1NC(=O)c1sc2c(N)ccc3c2c1C(N)C(=O)C3(N)c1ccc(Oc2ccccc2)nc1. The van der Waals surface area contributed by atoms with Crippen LogP contribution in [0, 0.1) is 0 Å². The molecule has 0 spiro atoms. The lowest BCUT2D eigenvalue weighted by atomic mass is 9.71. The Morgan fingerprint density at radius 1 is 1.05 bits per heavy atom. The lowest BCUT2D eigenvalue weighted by Crippen LogP contribution is -2.54. The van der Waals surface area contributed by atoms with Gasteiger partial charge in [-0.1, -0.05) is 43.7 Å². The summed E-state index contributed by atoms with van der Waals surface area (Å²) in [5.74, 6) is -0.165. The van der Waals surface area contributed by atoms with Gasteiger partial charge in [0.15, 0.2) is 5.78 Å². The Hall–Kier alpha value is -4.58. The molecule has 220 valence electrons. The fourth-order valence-corrected chi connectivity index (χ4v) is 7.29. The number of nitrogens with zero attached hydrogens (tertiary/aromatic N) is 1. The lowest BCUT2D eigenvalue weighted by Gasteiger charge is -2.36. The number of carbonyl (C=O) groups excluding carboxylic acids is 3. The first kappa shape index (κ1) is 28.5. The molecule has 8 N–H and O–H groups in total. The number of Topliss-reactive ketones (excluding diaryl/α,β-unsaturated/α-hetero) is 1. The van der Waals surface area contributed by atoms with Gasteiger partial charge >= 0.3 is 0 Å². The van der Waals surface area contributed by atoms with Crippen LogP contribution in [0.25, 0.3) is 10.1 Å². The highest BCUT2D eigenvalue weighted by Gasteiger charge is 2.49. The summed E-state index contributed by atoms with van der Waals surface area (Å²) in [6.45, 7) is 3.52. The van der Waals surface area contributed by atoms with Crippen LogP contribution in [0.1, 0.15) is 58.1 Å². The number of thiophene rings is 1. The maximum absolute atomic E-state index is 14.1. The Morgan fingerprint density at radius 3 is 2.44 bits per heavy atom. The number of anilines is 1. The second-order valence-corrected chi connectivity index (χ2v) is 11.9. The molecule has 2 aliphatic rings. The quantitative estimate of drug-likeness (QED) is 0.158. The van der Waals surface area contributed by atoms with Gasteiger partial charge in [0.05, 0.1) is 15.6 Å². The van der Waals surface area contributed by atoms with Crippen molar-refractivity contribution in [3.63, 3.8) is 0 Å². The summed E-state index contributed by atoms with van der Waals surface area (Å²) in [7, 11) is 0. The van der Waals surface area contributed by atoms with Crippen LogP contribution < -0.4 is 32.6 Å². The molecule has 2 aromatic heterocycles. The molecule has 0 bridgehead atoms. The van der Waals surface area contributed by atoms with Gasteiger partial charge in [-0.05, 0) is 48.7 Å². The van der Waals surface area contributed by atoms with Crippen LogP contribution in [0.4, 0.5) is 5.69 Å². The van der Waals surface area contributed by atoms with Crippen molar-refractivity contribution < 1.29 is 19.1 Å². The molecule has 2 amide bonds. The number of nitrogens with two attached hydrogens (primary N) is 3. The van der Waals surface area contributed by atoms with Crippen molar-refractivity contribution in [2.75, 3.05) is 5.73 Å². The largest absolute Gasteiger partial charge is 0.439 e. The highest BCUT2D eigenvalue weighted by molar-refractivity contribution is 7.21. The van der Waals surface area contributed by atoms with Crippen molar-refractivity contribution in [2.45, 2.75) is 49.3 Å². The van der Waals surface area contributed by atoms with Crippen molar-refractivity contribution >= 4 is 44.7 Å². The number of benzene rings is 2. The minimum absolute atomic E-state index is 0.233. The Labute approximate surface area is 252 Å². The molecule has 4 atom stereocenters. The van der Waals surface area contributed by atoms with Crippen molar-refractivity contribution in [1.29, 1.82) is 0 Å². The predicted octanol–water partition coefficient (Wildman–Crippen LogP) is 3.80. The fraction of sp³-hybridized carbons (Fsp3) is 0.250. The van der Waals surface area contributed by atoms with E-state index in [1.54, 1.807) is 24.3 Å². The summed E-state index contributed by atoms with van der Waals surface area (Å²) in [5.41, 5.74) is 20.1. The van der Waals surface area contributed by atoms with Gasteiger partial charge in [-0.2, -0.15) is 0 Å². The molecule has 0 aliphatic heterocycles. The molecule has 6 rings (SSSR count). The maximum atomic E-state index is 14.1. The molecule has 4 aromatic rings. The van der Waals surface area contributed by atoms with Gasteiger partial charge in [-0.25, -0.2) is 4.98 Å². The van der Waals surface area contributed by atoms with E-state index in [1.807, 2.05) is 30.3 Å². The second-order valence-electron chi connectivity index (χ2n) is 10.9. The lowest BCUT2D eigenvalue weighted by molar-refractivity contribution is -0.124. The molecule has 2 aromatic carbocycles. The number of rotatable bonds is 7. The first-order valence-electron chi connectivity index (χ1n) is 14.1. The summed E-state index contributed by atoms with van der Waals surface area (Å²) in [6.07, 6.45) is 6.02. The third-order valence-electron chi connectivity index (χ3n) is 8.27. The van der Waals surface area contributed by atoms with Crippen LogP contribution in [-0.2, 0) is 15.1 Å². The predicted molar refractivity (Wildman–Crippen MR) is 166 cm³/mol. The number of para-hydroxylation sites is 1. The molecular weight excluding hydrogens is 564 g/mol. The summed E-state index contributed by atoms with van der Waals surface area (Å²) >= 11 is 1.19. The molecule has 10 nitrogen and oxygen atoms in total. The van der Waals surface area contributed by atoms with E-state index in [9.17, 15) is 14.4 Å². The molecule has 11 heteroatoms. The molecule has 2 heterocycles. The molecule has 0 saturated heterocycles. The third kappa shape index (κ3) is 4.95. The van der Waals surface area contributed by atoms with E-state index in [0.717, 1.165) is 19.3 Å². The topological polar surface area (TPSA) is 175 Å². The molecule has 1 fully saturated rings. The first-order chi connectivity index (χ1) is 20.7. The molecular formula is C32H32N6O4S. The van der Waals surface area contributed by atoms with Gasteiger partial charge < -0.3 is 32.6 Å². The van der Waals surface area contributed by atoms with E-state index in [1.165, 1.54) is 23.6 Å². The van der Waals surface area contributed by atoms with Crippen LogP contribution >= 0.6 is 11.3 Å². The summed E-state index contributed by atoms with van der Waals surface area (Å²) < 4.78 is 6.44. The van der Waals surface area contributed by atoms with Gasteiger partial charge in [0.25, 0.3) is 5.91 Å². The second kappa shape index (κ2) is 11.3. The summed E-state index contributed by atoms with van der Waals surface area (Å²) in [6, 6.07) is 14.3. The number of amides is 2. The Morgan fingerprint density at radius 2 is 1.77 bits per heavy atom. The zero-order valence-electron chi connectivity index (χ0n) is 23.3. The van der Waals surface area contributed by atoms with Gasteiger partial charge in [-0.15, -0.1) is 11.3 Å². The molecule has 0 radical (unpaired) electrons. The number of ketones is 1. The average Bonchev–Trinajstić information content (AvgIpc) is 3.43. The highest BCUT2D eigenvalue weighted by Crippen LogP contribution is 2.49. The Kier molecular flexibility index (Phi) is 7.47. The average molecular weight is 597 g/mol. The molecule has 2 unspecified atom stereocenters. The van der Waals surface area contributed by atoms with E-state index in [4.69, 9.17) is 21.9 Å². The minimum Gasteiger partial charge on any atom is -0.439 e. The van der Waals surface area contributed by atoms with Crippen molar-refractivity contribution in [2.24, 2.45) is 11.5 Å². The zero-order chi connectivity index (χ0) is 30.3. The number of aromatic nitrogens is 1. The minimum atomic E-state index is -1.63.